The van der Waals surface area contributed by atoms with Gasteiger partial charge in [0.05, 0.1) is 17.8 Å². The third-order valence-electron chi connectivity index (χ3n) is 3.54. The van der Waals surface area contributed by atoms with Gasteiger partial charge in [0.15, 0.2) is 0 Å². The molecule has 0 spiro atoms. The number of ether oxygens (including phenoxy) is 1. The van der Waals surface area contributed by atoms with Crippen LogP contribution in [0.1, 0.15) is 25.7 Å². The molecule has 1 saturated carbocycles. The molecule has 2 amide bonds. The maximum Gasteiger partial charge on any atom is 0.319 e. The Bertz CT molecular complexity index is 490. The fourth-order valence-electron chi connectivity index (χ4n) is 2.62. The summed E-state index contributed by atoms with van der Waals surface area (Å²) in [6.07, 6.45) is 3.85. The highest BCUT2D eigenvalue weighted by molar-refractivity contribution is 6.30. The molecule has 0 aliphatic heterocycles. The zero-order valence-electron chi connectivity index (χ0n) is 11.3. The standard InChI is InChI=1S/C14H18ClFN2O2/c1-20-9-14(6-2-3-7-14)18-13(19)17-12-5-4-10(15)8-11(12)16/h4-5,8H,2-3,6-7,9H2,1H3,(H2,17,18,19). The summed E-state index contributed by atoms with van der Waals surface area (Å²) < 4.78 is 18.8. The molecule has 6 heteroatoms. The second kappa shape index (κ2) is 6.41. The van der Waals surface area contributed by atoms with Gasteiger partial charge in [-0.15, -0.1) is 0 Å². The van der Waals surface area contributed by atoms with E-state index in [0.29, 0.717) is 11.6 Å². The second-order valence-corrected chi connectivity index (χ2v) is 5.56. The van der Waals surface area contributed by atoms with Crippen molar-refractivity contribution >= 4 is 23.3 Å². The lowest BCUT2D eigenvalue weighted by atomic mass is 9.99. The molecule has 0 unspecified atom stereocenters. The van der Waals surface area contributed by atoms with E-state index in [0.717, 1.165) is 31.7 Å². The van der Waals surface area contributed by atoms with Gasteiger partial charge in [-0.05, 0) is 31.0 Å². The van der Waals surface area contributed by atoms with Gasteiger partial charge in [-0.2, -0.15) is 0 Å². The number of anilines is 1. The zero-order chi connectivity index (χ0) is 14.6. The summed E-state index contributed by atoms with van der Waals surface area (Å²) in [5, 5.41) is 5.71. The highest BCUT2D eigenvalue weighted by Crippen LogP contribution is 2.30. The number of urea groups is 1. The Labute approximate surface area is 122 Å². The van der Waals surface area contributed by atoms with Crippen molar-refractivity contribution in [1.29, 1.82) is 0 Å². The summed E-state index contributed by atoms with van der Waals surface area (Å²) in [6, 6.07) is 3.71. The Hall–Kier alpha value is -1.33. The molecule has 0 saturated heterocycles. The van der Waals surface area contributed by atoms with E-state index >= 15 is 0 Å². The van der Waals surface area contributed by atoms with E-state index in [1.54, 1.807) is 7.11 Å². The Morgan fingerprint density at radius 3 is 2.75 bits per heavy atom. The number of carbonyl (C=O) groups excluding carboxylic acids is 1. The minimum absolute atomic E-state index is 0.109. The van der Waals surface area contributed by atoms with Crippen LogP contribution < -0.4 is 10.6 Å². The molecule has 2 N–H and O–H groups in total. The van der Waals surface area contributed by atoms with Crippen LogP contribution in [0.15, 0.2) is 18.2 Å². The molecule has 20 heavy (non-hydrogen) atoms. The number of hydrogen-bond acceptors (Lipinski definition) is 2. The summed E-state index contributed by atoms with van der Waals surface area (Å²) in [7, 11) is 1.61. The molecular weight excluding hydrogens is 283 g/mol. The number of carbonyl (C=O) groups is 1. The van der Waals surface area contributed by atoms with Gasteiger partial charge in [0.2, 0.25) is 0 Å². The van der Waals surface area contributed by atoms with Crippen LogP contribution in [0.2, 0.25) is 5.02 Å². The number of amides is 2. The van der Waals surface area contributed by atoms with Crippen LogP contribution in [0.3, 0.4) is 0 Å². The van der Waals surface area contributed by atoms with Gasteiger partial charge < -0.3 is 15.4 Å². The molecular formula is C14H18ClFN2O2. The molecule has 1 aromatic rings. The number of methoxy groups -OCH3 is 1. The predicted molar refractivity (Wildman–Crippen MR) is 76.6 cm³/mol. The molecule has 4 nitrogen and oxygen atoms in total. The van der Waals surface area contributed by atoms with Crippen LogP contribution in [0, 0.1) is 5.82 Å². The quantitative estimate of drug-likeness (QED) is 0.893. The first-order chi connectivity index (χ1) is 9.54. The van der Waals surface area contributed by atoms with Crippen LogP contribution in [-0.4, -0.2) is 25.3 Å². The van der Waals surface area contributed by atoms with E-state index in [9.17, 15) is 9.18 Å². The summed E-state index contributed by atoms with van der Waals surface area (Å²) >= 11 is 5.67. The molecule has 1 aliphatic rings. The van der Waals surface area contributed by atoms with Crippen molar-refractivity contribution in [2.75, 3.05) is 19.0 Å². The second-order valence-electron chi connectivity index (χ2n) is 5.12. The number of hydrogen-bond donors (Lipinski definition) is 2. The number of halogens is 2. The number of nitrogens with one attached hydrogen (secondary N) is 2. The van der Waals surface area contributed by atoms with Crippen LogP contribution in [0.25, 0.3) is 0 Å². The largest absolute Gasteiger partial charge is 0.382 e. The summed E-state index contributed by atoms with van der Waals surface area (Å²) in [6.45, 7) is 0.462. The van der Waals surface area contributed by atoms with Crippen molar-refractivity contribution in [2.24, 2.45) is 0 Å². The van der Waals surface area contributed by atoms with Crippen molar-refractivity contribution in [1.82, 2.24) is 5.32 Å². The van der Waals surface area contributed by atoms with Crippen molar-refractivity contribution in [3.05, 3.63) is 29.0 Å². The summed E-state index contributed by atoms with van der Waals surface area (Å²) in [5.74, 6) is -0.556. The van der Waals surface area contributed by atoms with Crippen molar-refractivity contribution in [3.63, 3.8) is 0 Å². The smallest absolute Gasteiger partial charge is 0.319 e. The Balaban J connectivity index is 2.01. The van der Waals surface area contributed by atoms with Crippen molar-refractivity contribution in [3.8, 4) is 0 Å². The molecule has 1 aliphatic carbocycles. The fraction of sp³-hybridized carbons (Fsp3) is 0.500. The highest BCUT2D eigenvalue weighted by Gasteiger charge is 2.35. The van der Waals surface area contributed by atoms with E-state index in [2.05, 4.69) is 10.6 Å². The van der Waals surface area contributed by atoms with Gasteiger partial charge >= 0.3 is 6.03 Å². The third-order valence-corrected chi connectivity index (χ3v) is 3.77. The van der Waals surface area contributed by atoms with E-state index in [4.69, 9.17) is 16.3 Å². The van der Waals surface area contributed by atoms with Gasteiger partial charge in [0, 0.05) is 12.1 Å². The zero-order valence-corrected chi connectivity index (χ0v) is 12.1. The molecule has 2 rings (SSSR count). The Morgan fingerprint density at radius 1 is 1.45 bits per heavy atom. The van der Waals surface area contributed by atoms with Crippen LogP contribution in [-0.2, 0) is 4.74 Å². The minimum atomic E-state index is -0.556. The van der Waals surface area contributed by atoms with Gasteiger partial charge in [0.25, 0.3) is 0 Å². The maximum absolute atomic E-state index is 13.6. The van der Waals surface area contributed by atoms with Gasteiger partial charge in [-0.25, -0.2) is 9.18 Å². The lowest BCUT2D eigenvalue weighted by Gasteiger charge is -2.29. The minimum Gasteiger partial charge on any atom is -0.382 e. The average Bonchev–Trinajstić information content (AvgIpc) is 2.81. The third kappa shape index (κ3) is 3.61. The topological polar surface area (TPSA) is 50.4 Å². The Kier molecular flexibility index (Phi) is 4.83. The molecule has 0 radical (unpaired) electrons. The number of benzene rings is 1. The van der Waals surface area contributed by atoms with Crippen LogP contribution in [0.4, 0.5) is 14.9 Å². The summed E-state index contributed by atoms with van der Waals surface area (Å²) in [4.78, 5) is 12.0. The first-order valence-corrected chi connectivity index (χ1v) is 6.96. The molecule has 110 valence electrons. The first-order valence-electron chi connectivity index (χ1n) is 6.58. The predicted octanol–water partition coefficient (Wildman–Crippen LogP) is 3.56. The van der Waals surface area contributed by atoms with Crippen LogP contribution in [0.5, 0.6) is 0 Å². The maximum atomic E-state index is 13.6. The monoisotopic (exact) mass is 300 g/mol. The summed E-state index contributed by atoms with van der Waals surface area (Å²) in [5.41, 5.74) is -0.237. The van der Waals surface area contributed by atoms with Crippen LogP contribution >= 0.6 is 11.6 Å². The van der Waals surface area contributed by atoms with Gasteiger partial charge in [-0.1, -0.05) is 24.4 Å². The lowest BCUT2D eigenvalue weighted by Crippen LogP contribution is -2.51. The van der Waals surface area contributed by atoms with E-state index in [1.165, 1.54) is 12.1 Å². The molecule has 0 heterocycles. The van der Waals surface area contributed by atoms with Gasteiger partial charge in [-0.3, -0.25) is 0 Å². The van der Waals surface area contributed by atoms with Crippen molar-refractivity contribution in [2.45, 2.75) is 31.2 Å². The highest BCUT2D eigenvalue weighted by atomic mass is 35.5. The average molecular weight is 301 g/mol. The lowest BCUT2D eigenvalue weighted by molar-refractivity contribution is 0.117. The first kappa shape index (κ1) is 15.1. The SMILES string of the molecule is COCC1(NC(=O)Nc2ccc(Cl)cc2F)CCCC1. The molecule has 0 bridgehead atoms. The molecule has 1 fully saturated rings. The number of rotatable bonds is 4. The normalized spacial score (nSPS) is 16.9. The molecule has 0 atom stereocenters. The van der Waals surface area contributed by atoms with E-state index in [1.807, 2.05) is 0 Å². The molecule has 1 aromatic carbocycles. The Morgan fingerprint density at radius 2 is 2.15 bits per heavy atom. The molecule has 0 aromatic heterocycles. The van der Waals surface area contributed by atoms with E-state index < -0.39 is 11.8 Å². The van der Waals surface area contributed by atoms with E-state index in [-0.39, 0.29) is 11.2 Å². The van der Waals surface area contributed by atoms with Crippen molar-refractivity contribution < 1.29 is 13.9 Å². The fourth-order valence-corrected chi connectivity index (χ4v) is 2.78. The van der Waals surface area contributed by atoms with Gasteiger partial charge in [0.1, 0.15) is 5.82 Å².